The van der Waals surface area contributed by atoms with Crippen molar-refractivity contribution < 1.29 is 9.53 Å². The van der Waals surface area contributed by atoms with Crippen molar-refractivity contribution in [3.8, 4) is 0 Å². The molecule has 0 aromatic carbocycles. The first-order valence-electron chi connectivity index (χ1n) is 6.47. The van der Waals surface area contributed by atoms with Crippen LogP contribution in [0.4, 0.5) is 0 Å². The summed E-state index contributed by atoms with van der Waals surface area (Å²) in [6.45, 7) is 1.28. The molecule has 4 nitrogen and oxygen atoms in total. The molecule has 0 aromatic heterocycles. The van der Waals surface area contributed by atoms with E-state index < -0.39 is 0 Å². The molecular formula is C12H20N2O2. The predicted octanol–water partition coefficient (Wildman–Crippen LogP) is 0.422. The van der Waals surface area contributed by atoms with Gasteiger partial charge >= 0.3 is 0 Å². The zero-order valence-electron chi connectivity index (χ0n) is 9.58. The van der Waals surface area contributed by atoms with Gasteiger partial charge in [-0.3, -0.25) is 4.79 Å². The van der Waals surface area contributed by atoms with Crippen LogP contribution in [0.5, 0.6) is 0 Å². The summed E-state index contributed by atoms with van der Waals surface area (Å²) in [5.41, 5.74) is 0. The van der Waals surface area contributed by atoms with Gasteiger partial charge in [0.2, 0.25) is 5.91 Å². The van der Waals surface area contributed by atoms with E-state index in [9.17, 15) is 4.79 Å². The van der Waals surface area contributed by atoms with Crippen molar-refractivity contribution in [3.05, 3.63) is 0 Å². The summed E-state index contributed by atoms with van der Waals surface area (Å²) in [5, 5.41) is 6.34. The molecule has 1 amide bonds. The number of ether oxygens (including phenoxy) is 1. The van der Waals surface area contributed by atoms with E-state index in [1.807, 2.05) is 0 Å². The van der Waals surface area contributed by atoms with Gasteiger partial charge in [-0.15, -0.1) is 0 Å². The molecule has 0 bridgehead atoms. The highest BCUT2D eigenvalue weighted by Crippen LogP contribution is 2.38. The number of nitrogens with one attached hydrogen (secondary N) is 2. The first-order chi connectivity index (χ1) is 7.83. The van der Waals surface area contributed by atoms with Gasteiger partial charge in [0.15, 0.2) is 0 Å². The molecule has 1 saturated heterocycles. The molecule has 2 saturated carbocycles. The normalized spacial score (nSPS) is 34.0. The Bertz CT molecular complexity index is 274. The second-order valence-electron chi connectivity index (χ2n) is 5.29. The van der Waals surface area contributed by atoms with Crippen molar-refractivity contribution in [2.24, 2.45) is 5.92 Å². The summed E-state index contributed by atoms with van der Waals surface area (Å²) in [4.78, 5) is 11.7. The highest BCUT2D eigenvalue weighted by atomic mass is 16.5. The summed E-state index contributed by atoms with van der Waals surface area (Å²) in [5.74, 6) is 0.845. The highest BCUT2D eigenvalue weighted by Gasteiger charge is 2.41. The first-order valence-corrected chi connectivity index (χ1v) is 6.47. The second kappa shape index (κ2) is 4.34. The molecule has 3 fully saturated rings. The molecule has 2 atom stereocenters. The van der Waals surface area contributed by atoms with Gasteiger partial charge in [-0.25, -0.2) is 0 Å². The lowest BCUT2D eigenvalue weighted by atomic mass is 10.1. The van der Waals surface area contributed by atoms with E-state index >= 15 is 0 Å². The van der Waals surface area contributed by atoms with Crippen molar-refractivity contribution in [1.29, 1.82) is 0 Å². The minimum absolute atomic E-state index is 0.132. The van der Waals surface area contributed by atoms with Gasteiger partial charge in [-0.05, 0) is 38.0 Å². The smallest absolute Gasteiger partial charge is 0.234 e. The number of hydrogen-bond donors (Lipinski definition) is 2. The molecule has 1 heterocycles. The standard InChI is InChI=1S/C12H20N2O2/c15-11(7-13-9-3-4-9)14-10-5-6-16-12(10)8-1-2-8/h8-10,12-13H,1-7H2,(H,14,15). The van der Waals surface area contributed by atoms with Crippen molar-refractivity contribution in [3.63, 3.8) is 0 Å². The van der Waals surface area contributed by atoms with E-state index in [4.69, 9.17) is 4.74 Å². The van der Waals surface area contributed by atoms with Crippen molar-refractivity contribution in [1.82, 2.24) is 10.6 Å². The van der Waals surface area contributed by atoms with Gasteiger partial charge < -0.3 is 15.4 Å². The summed E-state index contributed by atoms with van der Waals surface area (Å²) in [6, 6.07) is 0.866. The summed E-state index contributed by atoms with van der Waals surface area (Å²) in [7, 11) is 0. The lowest BCUT2D eigenvalue weighted by Crippen LogP contribution is -2.45. The molecule has 2 unspecified atom stereocenters. The summed E-state index contributed by atoms with van der Waals surface area (Å²) < 4.78 is 5.69. The number of rotatable bonds is 5. The minimum atomic E-state index is 0.132. The average molecular weight is 224 g/mol. The highest BCUT2D eigenvalue weighted by molar-refractivity contribution is 5.78. The Balaban J connectivity index is 1.43. The van der Waals surface area contributed by atoms with E-state index in [2.05, 4.69) is 10.6 Å². The SMILES string of the molecule is O=C(CNC1CC1)NC1CCOC1C1CC1. The molecule has 2 N–H and O–H groups in total. The lowest BCUT2D eigenvalue weighted by molar-refractivity contribution is -0.121. The van der Waals surface area contributed by atoms with Gasteiger partial charge in [-0.1, -0.05) is 0 Å². The molecule has 3 aliphatic rings. The maximum absolute atomic E-state index is 11.7. The van der Waals surface area contributed by atoms with E-state index in [0.29, 0.717) is 24.6 Å². The largest absolute Gasteiger partial charge is 0.376 e. The van der Waals surface area contributed by atoms with Crippen molar-refractivity contribution in [2.75, 3.05) is 13.2 Å². The van der Waals surface area contributed by atoms with Gasteiger partial charge in [0.05, 0.1) is 18.7 Å². The van der Waals surface area contributed by atoms with E-state index in [1.54, 1.807) is 0 Å². The van der Waals surface area contributed by atoms with Crippen LogP contribution in [-0.4, -0.2) is 37.2 Å². The summed E-state index contributed by atoms with van der Waals surface area (Å²) in [6.07, 6.45) is 6.28. The molecule has 90 valence electrons. The van der Waals surface area contributed by atoms with Crippen molar-refractivity contribution in [2.45, 2.75) is 50.3 Å². The third kappa shape index (κ3) is 2.55. The third-order valence-electron chi connectivity index (χ3n) is 3.70. The quantitative estimate of drug-likeness (QED) is 0.711. The molecule has 0 spiro atoms. The Morgan fingerprint density at radius 2 is 2.00 bits per heavy atom. The maximum Gasteiger partial charge on any atom is 0.234 e. The fraction of sp³-hybridized carbons (Fsp3) is 0.917. The topological polar surface area (TPSA) is 50.4 Å². The molecule has 4 heteroatoms. The van der Waals surface area contributed by atoms with E-state index in [1.165, 1.54) is 25.7 Å². The Hall–Kier alpha value is -0.610. The summed E-state index contributed by atoms with van der Waals surface area (Å²) >= 11 is 0. The Kier molecular flexibility index (Phi) is 2.86. The monoisotopic (exact) mass is 224 g/mol. The fourth-order valence-corrected chi connectivity index (χ4v) is 2.44. The zero-order chi connectivity index (χ0) is 11.0. The van der Waals surface area contributed by atoms with Gasteiger partial charge in [0.25, 0.3) is 0 Å². The molecule has 2 aliphatic carbocycles. The molecule has 1 aliphatic heterocycles. The number of hydrogen-bond acceptors (Lipinski definition) is 3. The third-order valence-corrected chi connectivity index (χ3v) is 3.70. The number of amides is 1. The predicted molar refractivity (Wildman–Crippen MR) is 60.0 cm³/mol. The maximum atomic E-state index is 11.7. The average Bonchev–Trinajstić information content (AvgIpc) is 3.18. The fourth-order valence-electron chi connectivity index (χ4n) is 2.44. The first kappa shape index (κ1) is 10.5. The molecule has 3 rings (SSSR count). The lowest BCUT2D eigenvalue weighted by Gasteiger charge is -2.19. The molecule has 0 radical (unpaired) electrons. The Labute approximate surface area is 96.1 Å². The van der Waals surface area contributed by atoms with Gasteiger partial charge in [0.1, 0.15) is 0 Å². The Morgan fingerprint density at radius 1 is 1.19 bits per heavy atom. The minimum Gasteiger partial charge on any atom is -0.376 e. The van der Waals surface area contributed by atoms with Crippen LogP contribution in [0.2, 0.25) is 0 Å². The van der Waals surface area contributed by atoms with Gasteiger partial charge in [0, 0.05) is 12.6 Å². The van der Waals surface area contributed by atoms with Crippen LogP contribution in [0.25, 0.3) is 0 Å². The van der Waals surface area contributed by atoms with Crippen LogP contribution in [0, 0.1) is 5.92 Å². The van der Waals surface area contributed by atoms with Crippen LogP contribution in [0.15, 0.2) is 0 Å². The van der Waals surface area contributed by atoms with Crippen LogP contribution >= 0.6 is 0 Å². The van der Waals surface area contributed by atoms with E-state index in [-0.39, 0.29) is 11.9 Å². The van der Waals surface area contributed by atoms with Crippen LogP contribution in [0.3, 0.4) is 0 Å². The van der Waals surface area contributed by atoms with Crippen LogP contribution < -0.4 is 10.6 Å². The van der Waals surface area contributed by atoms with Crippen LogP contribution in [-0.2, 0) is 9.53 Å². The molecular weight excluding hydrogens is 204 g/mol. The van der Waals surface area contributed by atoms with Crippen LogP contribution in [0.1, 0.15) is 32.1 Å². The second-order valence-corrected chi connectivity index (χ2v) is 5.29. The number of carbonyl (C=O) groups is 1. The molecule has 0 aromatic rings. The van der Waals surface area contributed by atoms with Gasteiger partial charge in [-0.2, -0.15) is 0 Å². The molecule has 16 heavy (non-hydrogen) atoms. The van der Waals surface area contributed by atoms with Crippen molar-refractivity contribution >= 4 is 5.91 Å². The van der Waals surface area contributed by atoms with E-state index in [0.717, 1.165) is 13.0 Å². The number of carbonyl (C=O) groups excluding carboxylic acids is 1. The Morgan fingerprint density at radius 3 is 2.69 bits per heavy atom. The zero-order valence-corrected chi connectivity index (χ0v) is 9.58.